The van der Waals surface area contributed by atoms with Gasteiger partial charge in [-0.05, 0) is 24.3 Å². The van der Waals surface area contributed by atoms with E-state index in [2.05, 4.69) is 15.4 Å². The average Bonchev–Trinajstić information content (AvgIpc) is 2.35. The van der Waals surface area contributed by atoms with Gasteiger partial charge in [0.05, 0.1) is 4.90 Å². The molecule has 0 aliphatic carbocycles. The lowest BCUT2D eigenvalue weighted by Gasteiger charge is -2.08. The molecule has 1 rings (SSSR count). The standard InChI is InChI=1S/C12H19N3O3S/c1-3-15-19(17,18)12-6-4-11(5-7-12)14-9-8-13-10(2)16/h4-7,14-15H,3,8-9H2,1-2H3,(H,13,16). The van der Waals surface area contributed by atoms with Gasteiger partial charge in [0.2, 0.25) is 15.9 Å². The predicted octanol–water partition coefficient (Wildman–Crippen LogP) is 0.533. The van der Waals surface area contributed by atoms with Crippen LogP contribution in [-0.2, 0) is 14.8 Å². The summed E-state index contributed by atoms with van der Waals surface area (Å²) in [5.74, 6) is -0.0751. The summed E-state index contributed by atoms with van der Waals surface area (Å²) < 4.78 is 25.8. The molecule has 0 atom stereocenters. The van der Waals surface area contributed by atoms with Gasteiger partial charge in [0.25, 0.3) is 0 Å². The molecule has 0 bridgehead atoms. The van der Waals surface area contributed by atoms with Crippen LogP contribution in [0.25, 0.3) is 0 Å². The minimum atomic E-state index is -3.40. The molecule has 1 aromatic rings. The number of rotatable bonds is 7. The van der Waals surface area contributed by atoms with Crippen LogP contribution in [0.5, 0.6) is 0 Å². The van der Waals surface area contributed by atoms with E-state index in [-0.39, 0.29) is 10.8 Å². The molecular formula is C12H19N3O3S. The van der Waals surface area contributed by atoms with Gasteiger partial charge >= 0.3 is 0 Å². The lowest BCUT2D eigenvalue weighted by molar-refractivity contribution is -0.118. The van der Waals surface area contributed by atoms with Crippen LogP contribution in [0.4, 0.5) is 5.69 Å². The minimum Gasteiger partial charge on any atom is -0.383 e. The van der Waals surface area contributed by atoms with Crippen LogP contribution >= 0.6 is 0 Å². The molecule has 106 valence electrons. The fourth-order valence-electron chi connectivity index (χ4n) is 1.47. The largest absolute Gasteiger partial charge is 0.383 e. The van der Waals surface area contributed by atoms with Gasteiger partial charge in [-0.2, -0.15) is 0 Å². The lowest BCUT2D eigenvalue weighted by Crippen LogP contribution is -2.26. The third-order valence-electron chi connectivity index (χ3n) is 2.33. The van der Waals surface area contributed by atoms with Crippen LogP contribution in [0.2, 0.25) is 0 Å². The van der Waals surface area contributed by atoms with E-state index in [9.17, 15) is 13.2 Å². The highest BCUT2D eigenvalue weighted by atomic mass is 32.2. The average molecular weight is 285 g/mol. The maximum absolute atomic E-state index is 11.7. The highest BCUT2D eigenvalue weighted by Gasteiger charge is 2.11. The zero-order chi connectivity index (χ0) is 14.3. The van der Waals surface area contributed by atoms with Crippen molar-refractivity contribution in [3.63, 3.8) is 0 Å². The topological polar surface area (TPSA) is 87.3 Å². The van der Waals surface area contributed by atoms with Crippen LogP contribution in [0.3, 0.4) is 0 Å². The van der Waals surface area contributed by atoms with Crippen molar-refractivity contribution in [3.05, 3.63) is 24.3 Å². The van der Waals surface area contributed by atoms with Crippen molar-refractivity contribution in [3.8, 4) is 0 Å². The first kappa shape index (κ1) is 15.5. The van der Waals surface area contributed by atoms with Gasteiger partial charge < -0.3 is 10.6 Å². The van der Waals surface area contributed by atoms with Gasteiger partial charge in [-0.3, -0.25) is 4.79 Å². The molecule has 0 aliphatic heterocycles. The molecule has 0 aliphatic rings. The molecule has 3 N–H and O–H groups in total. The number of anilines is 1. The fourth-order valence-corrected chi connectivity index (χ4v) is 2.51. The summed E-state index contributed by atoms with van der Waals surface area (Å²) in [5, 5.41) is 5.74. The second-order valence-electron chi connectivity index (χ2n) is 3.94. The molecule has 1 aromatic carbocycles. The molecule has 0 spiro atoms. The molecule has 0 aromatic heterocycles. The maximum Gasteiger partial charge on any atom is 0.240 e. The molecule has 0 saturated carbocycles. The van der Waals surface area contributed by atoms with Crippen molar-refractivity contribution in [2.75, 3.05) is 25.0 Å². The van der Waals surface area contributed by atoms with Gasteiger partial charge in [0.1, 0.15) is 0 Å². The van der Waals surface area contributed by atoms with Crippen molar-refractivity contribution in [2.45, 2.75) is 18.7 Å². The molecule has 0 fully saturated rings. The Kier molecular flexibility index (Phi) is 5.78. The van der Waals surface area contributed by atoms with Crippen LogP contribution < -0.4 is 15.4 Å². The molecule has 6 nitrogen and oxygen atoms in total. The zero-order valence-electron chi connectivity index (χ0n) is 11.1. The SMILES string of the molecule is CCNS(=O)(=O)c1ccc(NCCNC(C)=O)cc1. The second-order valence-corrected chi connectivity index (χ2v) is 5.70. The Morgan fingerprint density at radius 2 is 1.79 bits per heavy atom. The smallest absolute Gasteiger partial charge is 0.240 e. The Labute approximate surface area is 113 Å². The first-order valence-corrected chi connectivity index (χ1v) is 7.52. The Morgan fingerprint density at radius 1 is 1.16 bits per heavy atom. The van der Waals surface area contributed by atoms with Crippen molar-refractivity contribution >= 4 is 21.6 Å². The van der Waals surface area contributed by atoms with Gasteiger partial charge in [-0.1, -0.05) is 6.92 Å². The Morgan fingerprint density at radius 3 is 2.32 bits per heavy atom. The summed E-state index contributed by atoms with van der Waals surface area (Å²) in [7, 11) is -3.40. The van der Waals surface area contributed by atoms with Gasteiger partial charge in [-0.25, -0.2) is 13.1 Å². The number of hydrogen-bond acceptors (Lipinski definition) is 4. The minimum absolute atomic E-state index is 0.0751. The van der Waals surface area contributed by atoms with E-state index in [4.69, 9.17) is 0 Å². The summed E-state index contributed by atoms with van der Waals surface area (Å²) in [5.41, 5.74) is 0.806. The molecule has 0 saturated heterocycles. The van der Waals surface area contributed by atoms with Gasteiger partial charge in [0, 0.05) is 32.2 Å². The van der Waals surface area contributed by atoms with E-state index < -0.39 is 10.0 Å². The number of sulfonamides is 1. The molecule has 7 heteroatoms. The van der Waals surface area contributed by atoms with E-state index >= 15 is 0 Å². The summed E-state index contributed by atoms with van der Waals surface area (Å²) in [6.07, 6.45) is 0. The second kappa shape index (κ2) is 7.10. The highest BCUT2D eigenvalue weighted by molar-refractivity contribution is 7.89. The Hall–Kier alpha value is -1.60. The van der Waals surface area contributed by atoms with E-state index in [1.54, 1.807) is 31.2 Å². The van der Waals surface area contributed by atoms with E-state index in [0.717, 1.165) is 5.69 Å². The summed E-state index contributed by atoms with van der Waals surface area (Å²) in [4.78, 5) is 10.9. The van der Waals surface area contributed by atoms with Crippen LogP contribution in [0, 0.1) is 0 Å². The molecule has 0 radical (unpaired) electrons. The molecule has 19 heavy (non-hydrogen) atoms. The van der Waals surface area contributed by atoms with Crippen molar-refractivity contribution < 1.29 is 13.2 Å². The maximum atomic E-state index is 11.7. The fraction of sp³-hybridized carbons (Fsp3) is 0.417. The molecule has 0 unspecified atom stereocenters. The highest BCUT2D eigenvalue weighted by Crippen LogP contribution is 2.13. The number of amides is 1. The summed E-state index contributed by atoms with van der Waals surface area (Å²) >= 11 is 0. The van der Waals surface area contributed by atoms with Crippen LogP contribution in [0.1, 0.15) is 13.8 Å². The predicted molar refractivity (Wildman–Crippen MR) is 74.5 cm³/mol. The molecule has 1 amide bonds. The van der Waals surface area contributed by atoms with E-state index in [0.29, 0.717) is 19.6 Å². The molecular weight excluding hydrogens is 266 g/mol. The summed E-state index contributed by atoms with van der Waals surface area (Å²) in [6.45, 7) is 4.65. The van der Waals surface area contributed by atoms with E-state index in [1.807, 2.05) is 0 Å². The molecule has 0 heterocycles. The van der Waals surface area contributed by atoms with Crippen molar-refractivity contribution in [1.29, 1.82) is 0 Å². The Balaban J connectivity index is 2.55. The van der Waals surface area contributed by atoms with Crippen molar-refractivity contribution in [2.24, 2.45) is 0 Å². The Bertz CT molecular complexity index is 512. The lowest BCUT2D eigenvalue weighted by atomic mass is 10.3. The number of benzene rings is 1. The number of carbonyl (C=O) groups is 1. The van der Waals surface area contributed by atoms with Crippen LogP contribution in [-0.4, -0.2) is 34.0 Å². The summed E-state index contributed by atoms with van der Waals surface area (Å²) in [6, 6.07) is 6.47. The van der Waals surface area contributed by atoms with Gasteiger partial charge in [-0.15, -0.1) is 0 Å². The normalized spacial score (nSPS) is 11.1. The third-order valence-corrected chi connectivity index (χ3v) is 3.89. The van der Waals surface area contributed by atoms with E-state index in [1.165, 1.54) is 6.92 Å². The third kappa shape index (κ3) is 5.27. The van der Waals surface area contributed by atoms with Gasteiger partial charge in [0.15, 0.2) is 0 Å². The van der Waals surface area contributed by atoms with Crippen LogP contribution in [0.15, 0.2) is 29.2 Å². The van der Waals surface area contributed by atoms with Crippen molar-refractivity contribution in [1.82, 2.24) is 10.0 Å². The number of hydrogen-bond donors (Lipinski definition) is 3. The quantitative estimate of drug-likeness (QED) is 0.638. The first-order chi connectivity index (χ1) is 8.95. The monoisotopic (exact) mass is 285 g/mol. The first-order valence-electron chi connectivity index (χ1n) is 6.03. The number of carbonyl (C=O) groups excluding carboxylic acids is 1. The number of nitrogens with one attached hydrogen (secondary N) is 3. The zero-order valence-corrected chi connectivity index (χ0v) is 11.9.